The number of hydrogen-bond acceptors (Lipinski definition) is 1. The van der Waals surface area contributed by atoms with E-state index >= 15 is 0 Å². The Morgan fingerprint density at radius 3 is 1.24 bits per heavy atom. The van der Waals surface area contributed by atoms with Crippen LogP contribution in [0.4, 0.5) is 0 Å². The molecule has 0 fully saturated rings. The van der Waals surface area contributed by atoms with Gasteiger partial charge < -0.3 is 5.48 Å². The van der Waals surface area contributed by atoms with Gasteiger partial charge in [0.25, 0.3) is 0 Å². The molecule has 5 heteroatoms. The predicted molar refractivity (Wildman–Crippen MR) is 148 cm³/mol. The molecule has 0 amide bonds. The van der Waals surface area contributed by atoms with Crippen molar-refractivity contribution < 1.29 is 6.89 Å². The third kappa shape index (κ3) is 5.59. The van der Waals surface area contributed by atoms with Crippen molar-refractivity contribution in [2.45, 2.75) is 27.7 Å². The number of halogens is 1. The van der Waals surface area contributed by atoms with E-state index in [1.807, 2.05) is 0 Å². The maximum atomic E-state index is 7.63. The monoisotopic (exact) mass is 717 g/mol. The molecule has 4 aromatic rings. The van der Waals surface area contributed by atoms with E-state index in [4.69, 9.17) is 1.41 Å². The van der Waals surface area contributed by atoms with Crippen molar-refractivity contribution in [3.8, 4) is 0 Å². The summed E-state index contributed by atoms with van der Waals surface area (Å²) in [7, 11) is 0. The first-order chi connectivity index (χ1) is 15.4. The van der Waals surface area contributed by atoms with Crippen LogP contribution in [0.15, 0.2) is 97.1 Å². The topological polar surface area (TPSA) is 40.7 Å². The molecule has 2 nitrogen and oxygen atoms in total. The Morgan fingerprint density at radius 1 is 0.545 bits per heavy atom. The third-order valence-corrected chi connectivity index (χ3v) is 42.9. The van der Waals surface area contributed by atoms with Gasteiger partial charge in [0.05, 0.1) is 0 Å². The van der Waals surface area contributed by atoms with Crippen LogP contribution in [0.5, 0.6) is 0 Å². The zero-order chi connectivity index (χ0) is 22.7. The third-order valence-electron chi connectivity index (χ3n) is 6.01. The van der Waals surface area contributed by atoms with Gasteiger partial charge in [-0.1, -0.05) is 0 Å². The molecule has 0 saturated heterocycles. The maximum Gasteiger partial charge on any atom is -0.412 e. The zero-order valence-electron chi connectivity index (χ0n) is 19.5. The van der Waals surface area contributed by atoms with Gasteiger partial charge in [0, 0.05) is 0 Å². The summed E-state index contributed by atoms with van der Waals surface area (Å²) in [5, 5.41) is 0. The van der Waals surface area contributed by atoms with Gasteiger partial charge in [-0.15, -0.1) is 0 Å². The van der Waals surface area contributed by atoms with Gasteiger partial charge in [0.2, 0.25) is 0 Å². The Labute approximate surface area is 215 Å². The maximum absolute atomic E-state index is 7.63. The van der Waals surface area contributed by atoms with Crippen LogP contribution in [-0.4, -0.2) is 42.2 Å². The van der Waals surface area contributed by atoms with Crippen molar-refractivity contribution in [1.82, 2.24) is 0 Å². The quantitative estimate of drug-likeness (QED) is 0.280. The summed E-state index contributed by atoms with van der Waals surface area (Å²) in [4.78, 5) is 0. The van der Waals surface area contributed by atoms with Crippen molar-refractivity contribution in [2.75, 3.05) is 0 Å². The molecule has 0 heterocycles. The summed E-state index contributed by atoms with van der Waals surface area (Å²) in [5.41, 5.74) is 5.28. The second kappa shape index (κ2) is 11.5. The van der Waals surface area contributed by atoms with Crippen LogP contribution in [0, 0.1) is 27.7 Å². The van der Waals surface area contributed by atoms with Crippen molar-refractivity contribution >= 4 is 63.8 Å². The van der Waals surface area contributed by atoms with Crippen LogP contribution < -0.4 is 14.3 Å². The van der Waals surface area contributed by atoms with E-state index in [1.54, 1.807) is 0 Å². The van der Waals surface area contributed by atoms with E-state index in [-0.39, 0.29) is 5.48 Å². The summed E-state index contributed by atoms with van der Waals surface area (Å²) < 4.78 is 13.2. The average Bonchev–Trinajstić information content (AvgIpc) is 2.79. The fourth-order valence-electron chi connectivity index (χ4n) is 4.17. The molecule has 0 spiro atoms. The van der Waals surface area contributed by atoms with Crippen LogP contribution in [0.1, 0.15) is 22.3 Å². The molecule has 2 N–H and O–H groups in total. The molecule has 169 valence electrons. The first kappa shape index (κ1) is 26.5. The van der Waals surface area contributed by atoms with E-state index in [1.165, 1.54) is 36.6 Å². The molecular formula is C28H30BrO2Sn2. The standard InChI is InChI=1S/4C7H7.BrH.H2O.O.2Sn/c4*1-7-5-3-2-4-6-7;;;;;/h4*2-5H,1H3;1H;1H2;;;/q;;;;;;;;+1/p-1. The van der Waals surface area contributed by atoms with Crippen LogP contribution >= 0.6 is 12.7 Å². The molecule has 0 atom stereocenters. The average molecular weight is 716 g/mol. The van der Waals surface area contributed by atoms with Crippen LogP contribution in [0.2, 0.25) is 0 Å². The number of benzene rings is 4. The van der Waals surface area contributed by atoms with Crippen molar-refractivity contribution in [2.24, 2.45) is 0 Å². The summed E-state index contributed by atoms with van der Waals surface area (Å²) in [6, 6.07) is 35.2. The Morgan fingerprint density at radius 2 is 0.879 bits per heavy atom. The Kier molecular flexibility index (Phi) is 9.26. The molecule has 33 heavy (non-hydrogen) atoms. The summed E-state index contributed by atoms with van der Waals surface area (Å²) in [6.45, 7) is 8.89. The number of aryl methyl sites for hydroxylation is 4. The van der Waals surface area contributed by atoms with Crippen molar-refractivity contribution in [3.05, 3.63) is 119 Å². The molecule has 0 aliphatic carbocycles. The summed E-state index contributed by atoms with van der Waals surface area (Å²) >= 11 is -2.03. The van der Waals surface area contributed by atoms with E-state index in [9.17, 15) is 0 Å². The van der Waals surface area contributed by atoms with Crippen LogP contribution in [-0.2, 0) is 1.41 Å². The van der Waals surface area contributed by atoms with Gasteiger partial charge in [-0.2, -0.15) is 0 Å². The smallest absolute Gasteiger partial charge is 0.412 e. The molecule has 0 aliphatic heterocycles. The van der Waals surface area contributed by atoms with Gasteiger partial charge in [-0.25, -0.2) is 0 Å². The normalized spacial score (nSPS) is 11.3. The van der Waals surface area contributed by atoms with Gasteiger partial charge in [0.1, 0.15) is 0 Å². The fourth-order valence-corrected chi connectivity index (χ4v) is 44.0. The van der Waals surface area contributed by atoms with Crippen molar-refractivity contribution in [1.29, 1.82) is 0 Å². The second-order valence-electron chi connectivity index (χ2n) is 8.29. The van der Waals surface area contributed by atoms with Crippen LogP contribution in [0.25, 0.3) is 0 Å². The Hall–Kier alpha value is -1.12. The molecule has 1 radical (unpaired) electrons. The Balaban J connectivity index is 0.00000306. The first-order valence-corrected chi connectivity index (χ1v) is 25.3. The fraction of sp³-hybridized carbons (Fsp3) is 0.143. The molecule has 4 rings (SSSR count). The number of hydrogen-bond donors (Lipinski definition) is 0. The number of rotatable bonds is 6. The van der Waals surface area contributed by atoms with E-state index < -0.39 is 36.7 Å². The van der Waals surface area contributed by atoms with E-state index in [0.29, 0.717) is 0 Å². The largest absolute Gasteiger partial charge is 0.412 e. The van der Waals surface area contributed by atoms with E-state index in [2.05, 4.69) is 137 Å². The van der Waals surface area contributed by atoms with Gasteiger partial charge in [-0.3, -0.25) is 0 Å². The molecule has 0 saturated carbocycles. The predicted octanol–water partition coefficient (Wildman–Crippen LogP) is 3.87. The molecule has 0 aliphatic rings. The second-order valence-corrected chi connectivity index (χ2v) is 31.7. The molecule has 0 unspecified atom stereocenters. The van der Waals surface area contributed by atoms with Crippen LogP contribution in [0.3, 0.4) is 0 Å². The first-order valence-electron chi connectivity index (χ1n) is 10.9. The Bertz CT molecular complexity index is 1150. The minimum Gasteiger partial charge on any atom is -0.412 e. The molecule has 0 bridgehead atoms. The zero-order valence-corrected chi connectivity index (χ0v) is 26.8. The molecular weight excluding hydrogens is 686 g/mol. The van der Waals surface area contributed by atoms with Crippen molar-refractivity contribution in [3.63, 3.8) is 0 Å². The minimum absolute atomic E-state index is 0. The SMILES string of the molecule is Cc1cccc[c]1[Sn]([O][Sn]([Br])([c]1ccccc1C)[c]1ccccc1C)[c]1ccccc1C.O. The van der Waals surface area contributed by atoms with Gasteiger partial charge in [-0.05, 0) is 0 Å². The summed E-state index contributed by atoms with van der Waals surface area (Å²) in [6.07, 6.45) is 0. The summed E-state index contributed by atoms with van der Waals surface area (Å²) in [5.74, 6) is 0. The van der Waals surface area contributed by atoms with E-state index in [0.717, 1.165) is 0 Å². The van der Waals surface area contributed by atoms with Gasteiger partial charge >= 0.3 is 212 Å². The molecule has 4 aromatic carbocycles. The van der Waals surface area contributed by atoms with Gasteiger partial charge in [0.15, 0.2) is 0 Å². The minimum atomic E-state index is -3.66. The molecule has 0 aromatic heterocycles.